The Labute approximate surface area is 251 Å². The van der Waals surface area contributed by atoms with Crippen LogP contribution in [-0.4, -0.2) is 58.6 Å². The van der Waals surface area contributed by atoms with Gasteiger partial charge in [0.25, 0.3) is 0 Å². The molecule has 0 aromatic rings. The molecule has 5 unspecified atom stereocenters. The smallest absolute Gasteiger partial charge is 0.312 e. The third kappa shape index (κ3) is 8.92. The minimum Gasteiger partial charge on any atom is -0.459 e. The first-order chi connectivity index (χ1) is 16.9. The molecule has 0 amide bonds. The number of esters is 3. The number of carbonyl (C=O) groups excluding carboxylic acids is 3. The quantitative estimate of drug-likeness (QED) is 0.244. The first-order valence-electron chi connectivity index (χ1n) is 14.0. The molecular formula is C33H64O8. The molecule has 5 atom stereocenters. The minimum absolute atomic E-state index is 0. The van der Waals surface area contributed by atoms with Crippen molar-refractivity contribution in [3.63, 3.8) is 0 Å². The molecule has 3 heterocycles. The van der Waals surface area contributed by atoms with E-state index in [0.29, 0.717) is 18.8 Å². The fourth-order valence-corrected chi connectivity index (χ4v) is 5.35. The van der Waals surface area contributed by atoms with Crippen molar-refractivity contribution in [3.8, 4) is 0 Å². The van der Waals surface area contributed by atoms with Crippen molar-refractivity contribution >= 4 is 17.9 Å². The summed E-state index contributed by atoms with van der Waals surface area (Å²) >= 11 is 0. The topological polar surface area (TPSA) is 108 Å². The third-order valence-corrected chi connectivity index (χ3v) is 9.28. The van der Waals surface area contributed by atoms with E-state index < -0.39 is 28.6 Å². The number of ether oxygens (including phenoxy) is 4. The molecule has 1 saturated carbocycles. The van der Waals surface area contributed by atoms with E-state index in [1.165, 1.54) is 0 Å². The highest BCUT2D eigenvalue weighted by molar-refractivity contribution is 5.79. The maximum Gasteiger partial charge on any atom is 0.312 e. The van der Waals surface area contributed by atoms with Crippen LogP contribution in [0.4, 0.5) is 0 Å². The Morgan fingerprint density at radius 2 is 1.39 bits per heavy atom. The molecule has 8 nitrogen and oxygen atoms in total. The van der Waals surface area contributed by atoms with Gasteiger partial charge in [-0.2, -0.15) is 0 Å². The van der Waals surface area contributed by atoms with E-state index in [1.807, 2.05) is 62.3 Å². The number of hydrogen-bond acceptors (Lipinski definition) is 8. The molecule has 8 heteroatoms. The SMILES string of the molecule is C.C.C.C.CCC(C)(C)C(=O)OC1(C)CCC(C(C)(C)O)CC1.CCC(C)(C)C(=O)OC1C2CC3C(=O)OC1C3O2. The van der Waals surface area contributed by atoms with Gasteiger partial charge in [-0.1, -0.05) is 43.6 Å². The second-order valence-corrected chi connectivity index (χ2v) is 13.5. The molecule has 4 aliphatic rings. The summed E-state index contributed by atoms with van der Waals surface area (Å²) in [5, 5.41) is 10.1. The monoisotopic (exact) mass is 588 g/mol. The third-order valence-electron chi connectivity index (χ3n) is 9.28. The van der Waals surface area contributed by atoms with Crippen LogP contribution in [0, 0.1) is 22.7 Å². The summed E-state index contributed by atoms with van der Waals surface area (Å²) in [5.74, 6) is -0.391. The van der Waals surface area contributed by atoms with Crippen LogP contribution in [0.25, 0.3) is 0 Å². The number of rotatable bonds is 7. The first kappa shape index (κ1) is 41.5. The number of hydrogen-bond donors (Lipinski definition) is 1. The predicted octanol–water partition coefficient (Wildman–Crippen LogP) is 7.28. The van der Waals surface area contributed by atoms with Gasteiger partial charge in [0, 0.05) is 0 Å². The van der Waals surface area contributed by atoms with E-state index >= 15 is 0 Å². The largest absolute Gasteiger partial charge is 0.459 e. The average Bonchev–Trinajstić information content (AvgIpc) is 3.44. The maximum absolute atomic E-state index is 12.2. The second-order valence-electron chi connectivity index (χ2n) is 13.5. The van der Waals surface area contributed by atoms with Crippen molar-refractivity contribution < 1.29 is 38.4 Å². The molecule has 2 bridgehead atoms. The molecule has 41 heavy (non-hydrogen) atoms. The fraction of sp³-hybridized carbons (Fsp3) is 0.909. The van der Waals surface area contributed by atoms with Crippen molar-refractivity contribution in [2.75, 3.05) is 0 Å². The highest BCUT2D eigenvalue weighted by Crippen LogP contribution is 2.48. The van der Waals surface area contributed by atoms with Gasteiger partial charge < -0.3 is 24.1 Å². The van der Waals surface area contributed by atoms with Gasteiger partial charge in [-0.15, -0.1) is 0 Å². The molecule has 3 aliphatic heterocycles. The molecular weight excluding hydrogens is 524 g/mol. The number of aliphatic hydroxyl groups is 1. The molecule has 4 fully saturated rings. The van der Waals surface area contributed by atoms with Crippen molar-refractivity contribution in [3.05, 3.63) is 0 Å². The molecule has 1 N–H and O–H groups in total. The molecule has 0 aromatic carbocycles. The molecule has 0 spiro atoms. The Morgan fingerprint density at radius 3 is 1.85 bits per heavy atom. The van der Waals surface area contributed by atoms with E-state index in [2.05, 4.69) is 0 Å². The van der Waals surface area contributed by atoms with Crippen LogP contribution in [0.5, 0.6) is 0 Å². The summed E-state index contributed by atoms with van der Waals surface area (Å²) in [5.41, 5.74) is -1.90. The number of fused-ring (bicyclic) bond motifs is 1. The Bertz CT molecular complexity index is 863. The average molecular weight is 589 g/mol. The summed E-state index contributed by atoms with van der Waals surface area (Å²) in [6.07, 6.45) is 4.44. The zero-order chi connectivity index (χ0) is 28.0. The van der Waals surface area contributed by atoms with Gasteiger partial charge in [0.2, 0.25) is 0 Å². The van der Waals surface area contributed by atoms with Crippen LogP contribution in [0.2, 0.25) is 0 Å². The van der Waals surface area contributed by atoms with Crippen molar-refractivity contribution in [1.29, 1.82) is 0 Å². The van der Waals surface area contributed by atoms with Crippen LogP contribution < -0.4 is 0 Å². The summed E-state index contributed by atoms with van der Waals surface area (Å²) in [4.78, 5) is 35.8. The van der Waals surface area contributed by atoms with E-state index in [9.17, 15) is 19.5 Å². The normalized spacial score (nSPS) is 31.5. The molecule has 0 aromatic heterocycles. The molecule has 3 saturated heterocycles. The molecule has 4 rings (SSSR count). The van der Waals surface area contributed by atoms with Gasteiger partial charge in [0.05, 0.1) is 28.5 Å². The summed E-state index contributed by atoms with van der Waals surface area (Å²) in [6.45, 7) is 17.3. The minimum atomic E-state index is -0.631. The lowest BCUT2D eigenvalue weighted by Gasteiger charge is -2.42. The summed E-state index contributed by atoms with van der Waals surface area (Å²) in [7, 11) is 0. The van der Waals surface area contributed by atoms with E-state index in [1.54, 1.807) is 0 Å². The van der Waals surface area contributed by atoms with Gasteiger partial charge in [-0.3, -0.25) is 14.4 Å². The lowest BCUT2D eigenvalue weighted by Crippen LogP contribution is -2.43. The van der Waals surface area contributed by atoms with Crippen LogP contribution in [0.3, 0.4) is 0 Å². The lowest BCUT2D eigenvalue weighted by molar-refractivity contribution is -0.174. The highest BCUT2D eigenvalue weighted by Gasteiger charge is 2.65. The Balaban J connectivity index is 0. The van der Waals surface area contributed by atoms with Gasteiger partial charge in [-0.05, 0) is 99.3 Å². The molecule has 0 radical (unpaired) electrons. The zero-order valence-electron chi connectivity index (χ0n) is 24.2. The van der Waals surface area contributed by atoms with E-state index in [0.717, 1.165) is 32.1 Å². The van der Waals surface area contributed by atoms with Crippen LogP contribution in [0.1, 0.15) is 137 Å². The van der Waals surface area contributed by atoms with E-state index in [4.69, 9.17) is 18.9 Å². The van der Waals surface area contributed by atoms with Gasteiger partial charge in [0.15, 0.2) is 12.2 Å². The summed E-state index contributed by atoms with van der Waals surface area (Å²) < 4.78 is 22.2. The van der Waals surface area contributed by atoms with Crippen molar-refractivity contribution in [1.82, 2.24) is 0 Å². The second kappa shape index (κ2) is 14.7. The Morgan fingerprint density at radius 1 is 0.902 bits per heavy atom. The zero-order valence-corrected chi connectivity index (χ0v) is 24.2. The standard InChI is InChI=1S/C16H30O3.C13H18O5.4CH4/c1-7-14(2,3)13(17)19-16(6)10-8-12(9-11-16)15(4,5)18;1-4-13(2,3)12(15)18-9-7-5-6-8(16-7)10(9)17-11(6)14;;;;/h12,18H,7-11H2,1-6H3;6-10H,4-5H2,1-3H3;4*1H4. The van der Waals surface area contributed by atoms with E-state index in [-0.39, 0.29) is 71.3 Å². The number of carbonyl (C=O) groups is 3. The Kier molecular flexibility index (Phi) is 14.8. The van der Waals surface area contributed by atoms with Crippen LogP contribution in [0.15, 0.2) is 0 Å². The van der Waals surface area contributed by atoms with Crippen LogP contribution in [-0.2, 0) is 33.3 Å². The lowest BCUT2D eigenvalue weighted by atomic mass is 9.73. The van der Waals surface area contributed by atoms with Crippen molar-refractivity contribution in [2.24, 2.45) is 22.7 Å². The fourth-order valence-electron chi connectivity index (χ4n) is 5.35. The van der Waals surface area contributed by atoms with Gasteiger partial charge in [0.1, 0.15) is 11.7 Å². The van der Waals surface area contributed by atoms with Crippen molar-refractivity contribution in [2.45, 2.75) is 173 Å². The van der Waals surface area contributed by atoms with Crippen LogP contribution >= 0.6 is 0 Å². The molecule has 244 valence electrons. The Hall–Kier alpha value is -1.67. The first-order valence-corrected chi connectivity index (χ1v) is 14.0. The van der Waals surface area contributed by atoms with Gasteiger partial charge in [-0.25, -0.2) is 0 Å². The molecule has 1 aliphatic carbocycles. The predicted molar refractivity (Wildman–Crippen MR) is 164 cm³/mol. The highest BCUT2D eigenvalue weighted by atomic mass is 16.7. The maximum atomic E-state index is 12.2. The summed E-state index contributed by atoms with van der Waals surface area (Å²) in [6, 6.07) is 0. The van der Waals surface area contributed by atoms with Gasteiger partial charge >= 0.3 is 17.9 Å².